The molecule has 23 heavy (non-hydrogen) atoms. The van der Waals surface area contributed by atoms with Crippen LogP contribution in [0, 0.1) is 0 Å². The Morgan fingerprint density at radius 2 is 1.96 bits per heavy atom. The summed E-state index contributed by atoms with van der Waals surface area (Å²) in [4.78, 5) is 16.1. The van der Waals surface area contributed by atoms with Crippen LogP contribution in [-0.4, -0.2) is 17.4 Å². The zero-order valence-corrected chi connectivity index (χ0v) is 13.3. The van der Waals surface area contributed by atoms with Crippen LogP contribution in [0.5, 0.6) is 0 Å². The average molecular weight is 323 g/mol. The third-order valence-corrected chi connectivity index (χ3v) is 4.12. The minimum atomic E-state index is -0.0887. The summed E-state index contributed by atoms with van der Waals surface area (Å²) < 4.78 is 0. The Bertz CT molecular complexity index is 729. The summed E-state index contributed by atoms with van der Waals surface area (Å²) in [6.45, 7) is 0.226. The molecular formula is C18H17N3OS. The number of hydrogen-bond acceptors (Lipinski definition) is 4. The summed E-state index contributed by atoms with van der Waals surface area (Å²) in [6.07, 6.45) is 3.31. The fourth-order valence-electron chi connectivity index (χ4n) is 2.35. The zero-order chi connectivity index (χ0) is 15.9. The van der Waals surface area contributed by atoms with Crippen molar-refractivity contribution in [2.45, 2.75) is 6.04 Å². The lowest BCUT2D eigenvalue weighted by atomic mass is 10.0. The van der Waals surface area contributed by atoms with Gasteiger partial charge in [-0.2, -0.15) is 11.3 Å². The average Bonchev–Trinajstić information content (AvgIpc) is 3.11. The van der Waals surface area contributed by atoms with Crippen LogP contribution in [0.4, 0.5) is 5.69 Å². The Kier molecular flexibility index (Phi) is 5.13. The summed E-state index contributed by atoms with van der Waals surface area (Å²) in [7, 11) is 0. The molecule has 0 aliphatic heterocycles. The van der Waals surface area contributed by atoms with Gasteiger partial charge in [0.15, 0.2) is 0 Å². The van der Waals surface area contributed by atoms with Crippen molar-refractivity contribution in [2.75, 3.05) is 11.9 Å². The molecule has 0 spiro atoms. The third-order valence-electron chi connectivity index (χ3n) is 3.42. The van der Waals surface area contributed by atoms with Crippen LogP contribution in [0.1, 0.15) is 17.2 Å². The Balaban J connectivity index is 1.66. The molecule has 0 fully saturated rings. The molecule has 116 valence electrons. The molecule has 0 saturated carbocycles. The van der Waals surface area contributed by atoms with Crippen LogP contribution < -0.4 is 10.6 Å². The van der Waals surface area contributed by atoms with Gasteiger partial charge in [0.25, 0.3) is 0 Å². The maximum Gasteiger partial charge on any atom is 0.238 e. The van der Waals surface area contributed by atoms with Crippen molar-refractivity contribution in [2.24, 2.45) is 0 Å². The summed E-state index contributed by atoms with van der Waals surface area (Å²) in [5.74, 6) is -0.0887. The van der Waals surface area contributed by atoms with Gasteiger partial charge in [-0.05, 0) is 40.1 Å². The highest BCUT2D eigenvalue weighted by molar-refractivity contribution is 7.08. The quantitative estimate of drug-likeness (QED) is 0.730. The molecule has 0 bridgehead atoms. The standard InChI is InChI=1S/C18H17N3OS/c22-17(21-16-7-4-9-19-11-16)12-20-18(15-8-10-23-13-15)14-5-2-1-3-6-14/h1-11,13,18,20H,12H2,(H,21,22). The largest absolute Gasteiger partial charge is 0.324 e. The van der Waals surface area contributed by atoms with Crippen LogP contribution >= 0.6 is 11.3 Å². The maximum atomic E-state index is 12.1. The molecule has 4 nitrogen and oxygen atoms in total. The number of amides is 1. The molecule has 2 N–H and O–H groups in total. The summed E-state index contributed by atoms with van der Waals surface area (Å²) in [6, 6.07) is 15.8. The van der Waals surface area contributed by atoms with E-state index in [9.17, 15) is 4.79 Å². The highest BCUT2D eigenvalue weighted by atomic mass is 32.1. The number of hydrogen-bond donors (Lipinski definition) is 2. The Hall–Kier alpha value is -2.50. The lowest BCUT2D eigenvalue weighted by Gasteiger charge is -2.18. The van der Waals surface area contributed by atoms with Crippen LogP contribution in [0.3, 0.4) is 0 Å². The number of aromatic nitrogens is 1. The van der Waals surface area contributed by atoms with Crippen molar-refractivity contribution in [3.05, 3.63) is 82.8 Å². The van der Waals surface area contributed by atoms with E-state index in [1.165, 1.54) is 0 Å². The molecule has 3 aromatic rings. The molecule has 2 aromatic heterocycles. The molecule has 0 radical (unpaired) electrons. The number of nitrogens with one attached hydrogen (secondary N) is 2. The van der Waals surface area contributed by atoms with Crippen molar-refractivity contribution in [1.82, 2.24) is 10.3 Å². The van der Waals surface area contributed by atoms with Crippen molar-refractivity contribution >= 4 is 22.9 Å². The van der Waals surface area contributed by atoms with E-state index < -0.39 is 0 Å². The second-order valence-electron chi connectivity index (χ2n) is 5.07. The van der Waals surface area contributed by atoms with Gasteiger partial charge in [-0.15, -0.1) is 0 Å². The van der Waals surface area contributed by atoms with Crippen molar-refractivity contribution in [3.63, 3.8) is 0 Å². The van der Waals surface area contributed by atoms with E-state index in [0.29, 0.717) is 5.69 Å². The van der Waals surface area contributed by atoms with Crippen molar-refractivity contribution < 1.29 is 4.79 Å². The number of carbonyl (C=O) groups excluding carboxylic acids is 1. The first-order valence-electron chi connectivity index (χ1n) is 7.33. The van der Waals surface area contributed by atoms with Crippen LogP contribution in [0.15, 0.2) is 71.7 Å². The Labute approximate surface area is 139 Å². The molecule has 3 rings (SSSR count). The van der Waals surface area contributed by atoms with Crippen LogP contribution in [0.25, 0.3) is 0 Å². The molecule has 5 heteroatoms. The number of rotatable bonds is 6. The monoisotopic (exact) mass is 323 g/mol. The van der Waals surface area contributed by atoms with Gasteiger partial charge in [0, 0.05) is 6.20 Å². The van der Waals surface area contributed by atoms with E-state index in [4.69, 9.17) is 0 Å². The summed E-state index contributed by atoms with van der Waals surface area (Å²) >= 11 is 1.65. The molecule has 2 heterocycles. The summed E-state index contributed by atoms with van der Waals surface area (Å²) in [5.41, 5.74) is 3.00. The first kappa shape index (κ1) is 15.4. The summed E-state index contributed by atoms with van der Waals surface area (Å²) in [5, 5.41) is 10.3. The van der Waals surface area contributed by atoms with Gasteiger partial charge in [0.1, 0.15) is 0 Å². The second kappa shape index (κ2) is 7.67. The topological polar surface area (TPSA) is 54.0 Å². The van der Waals surface area contributed by atoms with E-state index >= 15 is 0 Å². The normalized spacial score (nSPS) is 11.8. The number of thiophene rings is 1. The highest BCUT2D eigenvalue weighted by Crippen LogP contribution is 2.23. The Morgan fingerprint density at radius 1 is 1.09 bits per heavy atom. The van der Waals surface area contributed by atoms with Gasteiger partial charge < -0.3 is 5.32 Å². The Morgan fingerprint density at radius 3 is 2.65 bits per heavy atom. The first-order chi connectivity index (χ1) is 11.3. The zero-order valence-electron chi connectivity index (χ0n) is 12.5. The molecule has 1 aromatic carbocycles. The van der Waals surface area contributed by atoms with Crippen molar-refractivity contribution in [3.8, 4) is 0 Å². The van der Waals surface area contributed by atoms with E-state index in [0.717, 1.165) is 11.1 Å². The van der Waals surface area contributed by atoms with Gasteiger partial charge in [-0.1, -0.05) is 30.3 Å². The third kappa shape index (κ3) is 4.25. The van der Waals surface area contributed by atoms with E-state index in [1.807, 2.05) is 29.6 Å². The lowest BCUT2D eigenvalue weighted by molar-refractivity contribution is -0.115. The van der Waals surface area contributed by atoms with E-state index in [2.05, 4.69) is 39.2 Å². The molecule has 1 atom stereocenters. The lowest BCUT2D eigenvalue weighted by Crippen LogP contribution is -2.31. The van der Waals surface area contributed by atoms with Gasteiger partial charge in [-0.25, -0.2) is 0 Å². The SMILES string of the molecule is O=C(CNC(c1ccccc1)c1ccsc1)Nc1cccnc1. The fraction of sp³-hybridized carbons (Fsp3) is 0.111. The highest BCUT2D eigenvalue weighted by Gasteiger charge is 2.15. The van der Waals surface area contributed by atoms with Gasteiger partial charge >= 0.3 is 0 Å². The minimum Gasteiger partial charge on any atom is -0.324 e. The molecule has 0 saturated heterocycles. The fourth-order valence-corrected chi connectivity index (χ4v) is 3.04. The van der Waals surface area contributed by atoms with Gasteiger partial charge in [-0.3, -0.25) is 15.1 Å². The second-order valence-corrected chi connectivity index (χ2v) is 5.85. The smallest absolute Gasteiger partial charge is 0.238 e. The van der Waals surface area contributed by atoms with E-state index in [-0.39, 0.29) is 18.5 Å². The maximum absolute atomic E-state index is 12.1. The molecule has 0 aliphatic rings. The van der Waals surface area contributed by atoms with Crippen LogP contribution in [-0.2, 0) is 4.79 Å². The molecule has 0 aliphatic carbocycles. The predicted molar refractivity (Wildman–Crippen MR) is 93.5 cm³/mol. The number of nitrogens with zero attached hydrogens (tertiary/aromatic N) is 1. The first-order valence-corrected chi connectivity index (χ1v) is 8.27. The number of benzene rings is 1. The van der Waals surface area contributed by atoms with Gasteiger partial charge in [0.05, 0.1) is 24.5 Å². The van der Waals surface area contributed by atoms with Crippen molar-refractivity contribution in [1.29, 1.82) is 0 Å². The number of carbonyl (C=O) groups is 1. The number of anilines is 1. The van der Waals surface area contributed by atoms with E-state index in [1.54, 1.807) is 29.8 Å². The predicted octanol–water partition coefficient (Wildman–Crippen LogP) is 3.46. The molecular weight excluding hydrogens is 306 g/mol. The van der Waals surface area contributed by atoms with Gasteiger partial charge in [0.2, 0.25) is 5.91 Å². The minimum absolute atomic E-state index is 0.00194. The molecule has 1 unspecified atom stereocenters. The number of pyridine rings is 1. The van der Waals surface area contributed by atoms with Crippen LogP contribution in [0.2, 0.25) is 0 Å². The molecule has 1 amide bonds.